The van der Waals surface area contributed by atoms with E-state index in [1.807, 2.05) is 0 Å². The van der Waals surface area contributed by atoms with E-state index in [9.17, 15) is 17.6 Å². The van der Waals surface area contributed by atoms with Gasteiger partial charge < -0.3 is 5.32 Å². The highest BCUT2D eigenvalue weighted by atomic mass is 32.1. The third kappa shape index (κ3) is 2.49. The molecule has 1 N–H and O–H groups in total. The Labute approximate surface area is 89.1 Å². The molecule has 0 spiro atoms. The van der Waals surface area contributed by atoms with E-state index in [-0.39, 0.29) is 4.88 Å². The summed E-state index contributed by atoms with van der Waals surface area (Å²) in [5.41, 5.74) is 0. The number of hydrogen-bond donors (Lipinski definition) is 1. The highest BCUT2D eigenvalue weighted by molar-refractivity contribution is 7.12. The molecule has 1 rings (SSSR count). The van der Waals surface area contributed by atoms with Gasteiger partial charge in [0, 0.05) is 9.75 Å². The van der Waals surface area contributed by atoms with Gasteiger partial charge in [-0.2, -0.15) is 8.78 Å². The van der Waals surface area contributed by atoms with E-state index in [4.69, 9.17) is 0 Å². The molecule has 0 aliphatic carbocycles. The molecular formula is C9H11F4NS. The Bertz CT molecular complexity index is 324. The number of alkyl halides is 4. The lowest BCUT2D eigenvalue weighted by Gasteiger charge is -2.24. The van der Waals surface area contributed by atoms with E-state index in [1.54, 1.807) is 13.0 Å². The molecule has 0 aliphatic rings. The first-order valence-corrected chi connectivity index (χ1v) is 5.10. The first-order chi connectivity index (χ1) is 6.89. The van der Waals surface area contributed by atoms with Gasteiger partial charge in [-0.3, -0.25) is 0 Å². The second kappa shape index (κ2) is 4.49. The van der Waals surface area contributed by atoms with Crippen molar-refractivity contribution in [3.8, 4) is 0 Å². The van der Waals surface area contributed by atoms with E-state index in [1.165, 1.54) is 13.1 Å². The van der Waals surface area contributed by atoms with Crippen LogP contribution < -0.4 is 5.32 Å². The van der Waals surface area contributed by atoms with Crippen molar-refractivity contribution >= 4 is 11.3 Å². The third-order valence-electron chi connectivity index (χ3n) is 2.01. The number of nitrogens with one attached hydrogen (secondary N) is 1. The van der Waals surface area contributed by atoms with E-state index in [0.717, 1.165) is 16.2 Å². The predicted octanol–water partition coefficient (Wildman–Crippen LogP) is 3.22. The van der Waals surface area contributed by atoms with Crippen LogP contribution in [0, 0.1) is 6.92 Å². The molecule has 0 aliphatic heterocycles. The number of halogens is 4. The van der Waals surface area contributed by atoms with Gasteiger partial charge in [-0.1, -0.05) is 0 Å². The Morgan fingerprint density at radius 3 is 2.27 bits per heavy atom. The van der Waals surface area contributed by atoms with Crippen molar-refractivity contribution in [2.75, 3.05) is 7.05 Å². The second-order valence-electron chi connectivity index (χ2n) is 3.15. The Kier molecular flexibility index (Phi) is 3.72. The highest BCUT2D eigenvalue weighted by Crippen LogP contribution is 2.38. The van der Waals surface area contributed by atoms with Crippen molar-refractivity contribution in [2.24, 2.45) is 0 Å². The predicted molar refractivity (Wildman–Crippen MR) is 51.8 cm³/mol. The average molecular weight is 241 g/mol. The van der Waals surface area contributed by atoms with Crippen molar-refractivity contribution in [3.05, 3.63) is 21.9 Å². The lowest BCUT2D eigenvalue weighted by molar-refractivity contribution is -0.149. The molecule has 6 heteroatoms. The third-order valence-corrected chi connectivity index (χ3v) is 3.08. The van der Waals surface area contributed by atoms with Gasteiger partial charge in [-0.05, 0) is 26.1 Å². The van der Waals surface area contributed by atoms with E-state index in [0.29, 0.717) is 0 Å². The molecular weight excluding hydrogens is 230 g/mol. The summed E-state index contributed by atoms with van der Waals surface area (Å²) in [5.74, 6) is -4.05. The molecule has 0 saturated carbocycles. The number of aryl methyl sites for hydroxylation is 1. The van der Waals surface area contributed by atoms with Crippen molar-refractivity contribution in [1.82, 2.24) is 5.32 Å². The van der Waals surface area contributed by atoms with Crippen molar-refractivity contribution in [1.29, 1.82) is 0 Å². The summed E-state index contributed by atoms with van der Waals surface area (Å²) >= 11 is 1.09. The quantitative estimate of drug-likeness (QED) is 0.798. The van der Waals surface area contributed by atoms with Crippen LogP contribution in [0.2, 0.25) is 0 Å². The Morgan fingerprint density at radius 1 is 1.33 bits per heavy atom. The molecule has 1 aromatic rings. The molecule has 1 heterocycles. The fourth-order valence-corrected chi connectivity index (χ4v) is 2.30. The van der Waals surface area contributed by atoms with E-state index >= 15 is 0 Å². The smallest absolute Gasteiger partial charge is 0.307 e. The fourth-order valence-electron chi connectivity index (χ4n) is 1.26. The number of hydrogen-bond acceptors (Lipinski definition) is 2. The molecule has 86 valence electrons. The van der Waals surface area contributed by atoms with Crippen LogP contribution in [-0.4, -0.2) is 19.4 Å². The highest BCUT2D eigenvalue weighted by Gasteiger charge is 2.49. The molecule has 0 radical (unpaired) electrons. The van der Waals surface area contributed by atoms with Crippen LogP contribution in [0.4, 0.5) is 17.6 Å². The molecule has 1 aromatic heterocycles. The lowest BCUT2D eigenvalue weighted by atomic mass is 10.1. The monoisotopic (exact) mass is 241 g/mol. The maximum absolute atomic E-state index is 13.1. The molecule has 1 unspecified atom stereocenters. The topological polar surface area (TPSA) is 12.0 Å². The van der Waals surface area contributed by atoms with Gasteiger partial charge in [0.05, 0.1) is 0 Å². The molecule has 0 amide bonds. The molecule has 1 atom stereocenters. The van der Waals surface area contributed by atoms with Gasteiger partial charge >= 0.3 is 12.3 Å². The summed E-state index contributed by atoms with van der Waals surface area (Å²) in [6.07, 6.45) is -3.67. The first-order valence-electron chi connectivity index (χ1n) is 4.29. The summed E-state index contributed by atoms with van der Waals surface area (Å²) in [6.45, 7) is 1.74. The van der Waals surface area contributed by atoms with Gasteiger partial charge in [0.2, 0.25) is 0 Å². The first kappa shape index (κ1) is 12.4. The van der Waals surface area contributed by atoms with Crippen molar-refractivity contribution in [2.45, 2.75) is 25.3 Å². The minimum atomic E-state index is -4.05. The van der Waals surface area contributed by atoms with E-state index in [2.05, 4.69) is 5.32 Å². The standard InChI is InChI=1S/C9H11F4NS/c1-5-3-4-6(15-5)7(14-2)9(12,13)8(10)11/h3-4,7-8,14H,1-2H3. The number of rotatable bonds is 4. The summed E-state index contributed by atoms with van der Waals surface area (Å²) in [5, 5.41) is 2.23. The molecule has 0 saturated heterocycles. The van der Waals surface area contributed by atoms with Crippen molar-refractivity contribution < 1.29 is 17.6 Å². The van der Waals surface area contributed by atoms with Gasteiger partial charge in [0.15, 0.2) is 0 Å². The maximum atomic E-state index is 13.1. The number of thiophene rings is 1. The summed E-state index contributed by atoms with van der Waals surface area (Å²) < 4.78 is 50.5. The summed E-state index contributed by atoms with van der Waals surface area (Å²) in [6, 6.07) is 1.44. The van der Waals surface area contributed by atoms with Crippen LogP contribution in [0.1, 0.15) is 15.8 Å². The van der Waals surface area contributed by atoms with Crippen LogP contribution in [0.5, 0.6) is 0 Å². The fraction of sp³-hybridized carbons (Fsp3) is 0.556. The SMILES string of the molecule is CNC(c1ccc(C)s1)C(F)(F)C(F)F. The zero-order chi connectivity index (χ0) is 11.6. The molecule has 0 aromatic carbocycles. The van der Waals surface area contributed by atoms with Crippen LogP contribution >= 0.6 is 11.3 Å². The Hall–Kier alpha value is -0.620. The summed E-state index contributed by atoms with van der Waals surface area (Å²) in [7, 11) is 1.25. The lowest BCUT2D eigenvalue weighted by Crippen LogP contribution is -2.40. The van der Waals surface area contributed by atoms with E-state index < -0.39 is 18.4 Å². The van der Waals surface area contributed by atoms with Gasteiger partial charge in [-0.25, -0.2) is 8.78 Å². The van der Waals surface area contributed by atoms with Gasteiger partial charge in [0.1, 0.15) is 6.04 Å². The molecule has 0 bridgehead atoms. The average Bonchev–Trinajstić information content (AvgIpc) is 2.52. The zero-order valence-corrected chi connectivity index (χ0v) is 9.05. The largest absolute Gasteiger partial charge is 0.327 e. The molecule has 15 heavy (non-hydrogen) atoms. The van der Waals surface area contributed by atoms with Crippen molar-refractivity contribution in [3.63, 3.8) is 0 Å². The molecule has 0 fully saturated rings. The normalized spacial score (nSPS) is 14.6. The Balaban J connectivity index is 2.98. The maximum Gasteiger partial charge on any atom is 0.327 e. The minimum absolute atomic E-state index is 0.223. The summed E-state index contributed by atoms with van der Waals surface area (Å²) in [4.78, 5) is 1.04. The van der Waals surface area contributed by atoms with Crippen LogP contribution in [0.3, 0.4) is 0 Å². The van der Waals surface area contributed by atoms with Crippen LogP contribution in [-0.2, 0) is 0 Å². The van der Waals surface area contributed by atoms with Crippen LogP contribution in [0.25, 0.3) is 0 Å². The molecule has 1 nitrogen and oxygen atoms in total. The minimum Gasteiger partial charge on any atom is -0.307 e. The van der Waals surface area contributed by atoms with Crippen LogP contribution in [0.15, 0.2) is 12.1 Å². The van der Waals surface area contributed by atoms with Gasteiger partial charge in [-0.15, -0.1) is 11.3 Å². The zero-order valence-electron chi connectivity index (χ0n) is 8.23. The Morgan fingerprint density at radius 2 is 1.93 bits per heavy atom. The second-order valence-corrected chi connectivity index (χ2v) is 4.46. The van der Waals surface area contributed by atoms with Gasteiger partial charge in [0.25, 0.3) is 0 Å².